The number of amides is 1. The zero-order valence-electron chi connectivity index (χ0n) is 11.4. The minimum absolute atomic E-state index is 0.0228. The topological polar surface area (TPSA) is 56.1 Å². The fourth-order valence-electron chi connectivity index (χ4n) is 1.76. The van der Waals surface area contributed by atoms with E-state index < -0.39 is 11.7 Å². The van der Waals surface area contributed by atoms with Crippen molar-refractivity contribution in [1.29, 1.82) is 0 Å². The summed E-state index contributed by atoms with van der Waals surface area (Å²) in [5.41, 5.74) is 0.982. The molecule has 2 rings (SSSR count). The monoisotopic (exact) mass is 277 g/mol. The van der Waals surface area contributed by atoms with Gasteiger partial charge in [0.05, 0.1) is 30.6 Å². The third kappa shape index (κ3) is 3.21. The fourth-order valence-corrected chi connectivity index (χ4v) is 1.76. The van der Waals surface area contributed by atoms with Gasteiger partial charge in [-0.1, -0.05) is 12.1 Å². The molecule has 0 radical (unpaired) electrons. The van der Waals surface area contributed by atoms with E-state index in [0.717, 1.165) is 0 Å². The van der Waals surface area contributed by atoms with Gasteiger partial charge in [0, 0.05) is 13.3 Å². The molecule has 0 aliphatic heterocycles. The highest BCUT2D eigenvalue weighted by Gasteiger charge is 2.13. The first-order chi connectivity index (χ1) is 9.61. The number of ether oxygens (including phenoxy) is 1. The highest BCUT2D eigenvalue weighted by molar-refractivity contribution is 6.04. The first-order valence-corrected chi connectivity index (χ1v) is 6.19. The van der Waals surface area contributed by atoms with Crippen molar-refractivity contribution in [2.24, 2.45) is 0 Å². The maximum absolute atomic E-state index is 13.8. The number of hydrogen-bond donors (Lipinski definition) is 1. The Labute approximate surface area is 116 Å². The average molecular weight is 277 g/mol. The maximum Gasteiger partial charge on any atom is 0.258 e. The molecule has 0 aliphatic carbocycles. The molecule has 1 aromatic heterocycles. The number of halogens is 1. The Morgan fingerprint density at radius 1 is 1.50 bits per heavy atom. The summed E-state index contributed by atoms with van der Waals surface area (Å²) in [5, 5.41) is 6.69. The van der Waals surface area contributed by atoms with Crippen LogP contribution < -0.4 is 5.32 Å². The van der Waals surface area contributed by atoms with Crippen LogP contribution in [-0.4, -0.2) is 29.4 Å². The van der Waals surface area contributed by atoms with Gasteiger partial charge in [-0.3, -0.25) is 9.48 Å². The van der Waals surface area contributed by atoms with Crippen LogP contribution in [-0.2, 0) is 11.3 Å². The number of nitrogens with one attached hydrogen (secondary N) is 1. The van der Waals surface area contributed by atoms with E-state index in [1.54, 1.807) is 37.0 Å². The van der Waals surface area contributed by atoms with E-state index in [1.807, 2.05) is 0 Å². The first kappa shape index (κ1) is 14.2. The summed E-state index contributed by atoms with van der Waals surface area (Å²) >= 11 is 0. The average Bonchev–Trinajstić information content (AvgIpc) is 2.87. The van der Waals surface area contributed by atoms with Gasteiger partial charge in [0.2, 0.25) is 0 Å². The Morgan fingerprint density at radius 3 is 3.05 bits per heavy atom. The van der Waals surface area contributed by atoms with Gasteiger partial charge in [0.25, 0.3) is 5.91 Å². The van der Waals surface area contributed by atoms with Crippen LogP contribution >= 0.6 is 0 Å². The van der Waals surface area contributed by atoms with E-state index in [4.69, 9.17) is 4.74 Å². The third-order valence-electron chi connectivity index (χ3n) is 2.85. The molecule has 1 heterocycles. The Morgan fingerprint density at radius 2 is 2.30 bits per heavy atom. The summed E-state index contributed by atoms with van der Waals surface area (Å²) in [6.45, 7) is 2.74. The van der Waals surface area contributed by atoms with Crippen LogP contribution in [0.3, 0.4) is 0 Å². The van der Waals surface area contributed by atoms with Gasteiger partial charge < -0.3 is 10.1 Å². The van der Waals surface area contributed by atoms with Crippen LogP contribution in [0.25, 0.3) is 0 Å². The predicted molar refractivity (Wildman–Crippen MR) is 73.2 cm³/mol. The minimum atomic E-state index is -0.503. The Bertz CT molecular complexity index is 610. The van der Waals surface area contributed by atoms with Gasteiger partial charge in [-0.25, -0.2) is 4.39 Å². The molecule has 0 saturated heterocycles. The van der Waals surface area contributed by atoms with Crippen molar-refractivity contribution in [2.45, 2.75) is 13.5 Å². The molecule has 0 fully saturated rings. The molecule has 0 atom stereocenters. The Kier molecular flexibility index (Phi) is 4.47. The lowest BCUT2D eigenvalue weighted by molar-refractivity contribution is 0.102. The minimum Gasteiger partial charge on any atom is -0.383 e. The van der Waals surface area contributed by atoms with Crippen LogP contribution in [0.5, 0.6) is 0 Å². The van der Waals surface area contributed by atoms with Gasteiger partial charge in [-0.2, -0.15) is 5.10 Å². The Balaban J connectivity index is 2.07. The van der Waals surface area contributed by atoms with E-state index in [0.29, 0.717) is 24.4 Å². The molecule has 2 aromatic rings. The molecule has 106 valence electrons. The molecule has 0 aliphatic rings. The first-order valence-electron chi connectivity index (χ1n) is 6.19. The lowest BCUT2D eigenvalue weighted by Gasteiger charge is -2.05. The molecule has 0 bridgehead atoms. The van der Waals surface area contributed by atoms with Crippen LogP contribution in [0.15, 0.2) is 30.6 Å². The second-order valence-corrected chi connectivity index (χ2v) is 4.38. The third-order valence-corrected chi connectivity index (χ3v) is 2.85. The number of anilines is 1. The summed E-state index contributed by atoms with van der Waals surface area (Å²) in [6, 6.07) is 4.72. The van der Waals surface area contributed by atoms with E-state index in [9.17, 15) is 9.18 Å². The van der Waals surface area contributed by atoms with Gasteiger partial charge in [-0.15, -0.1) is 0 Å². The number of aryl methyl sites for hydroxylation is 1. The van der Waals surface area contributed by atoms with Gasteiger partial charge in [0.15, 0.2) is 0 Å². The van der Waals surface area contributed by atoms with Crippen molar-refractivity contribution < 1.29 is 13.9 Å². The zero-order valence-corrected chi connectivity index (χ0v) is 11.4. The predicted octanol–water partition coefficient (Wildman–Crippen LogP) is 2.23. The van der Waals surface area contributed by atoms with Gasteiger partial charge in [0.1, 0.15) is 5.82 Å². The second-order valence-electron chi connectivity index (χ2n) is 4.38. The molecular weight excluding hydrogens is 261 g/mol. The van der Waals surface area contributed by atoms with Crippen molar-refractivity contribution >= 4 is 11.6 Å². The standard InChI is InChI=1S/C14H16FN3O2/c1-10-4-3-5-12(13(10)15)14(19)17-11-8-16-18(9-11)6-7-20-2/h3-5,8-9H,6-7H2,1-2H3,(H,17,19). The Hall–Kier alpha value is -2.21. The van der Waals surface area contributed by atoms with Crippen LogP contribution in [0.1, 0.15) is 15.9 Å². The van der Waals surface area contributed by atoms with Gasteiger partial charge in [-0.05, 0) is 18.6 Å². The number of methoxy groups -OCH3 is 1. The largest absolute Gasteiger partial charge is 0.383 e. The number of carbonyl (C=O) groups excluding carboxylic acids is 1. The molecule has 0 saturated carbocycles. The number of rotatable bonds is 5. The van der Waals surface area contributed by atoms with E-state index in [2.05, 4.69) is 10.4 Å². The van der Waals surface area contributed by atoms with Crippen molar-refractivity contribution in [1.82, 2.24) is 9.78 Å². The van der Waals surface area contributed by atoms with Crippen molar-refractivity contribution in [3.8, 4) is 0 Å². The van der Waals surface area contributed by atoms with Crippen LogP contribution in [0, 0.1) is 12.7 Å². The van der Waals surface area contributed by atoms with Gasteiger partial charge >= 0.3 is 0 Å². The van der Waals surface area contributed by atoms with Crippen molar-refractivity contribution in [2.75, 3.05) is 19.0 Å². The van der Waals surface area contributed by atoms with E-state index >= 15 is 0 Å². The molecule has 6 heteroatoms. The molecule has 1 aromatic carbocycles. The molecule has 0 spiro atoms. The highest BCUT2D eigenvalue weighted by Crippen LogP contribution is 2.14. The van der Waals surface area contributed by atoms with E-state index in [-0.39, 0.29) is 5.56 Å². The maximum atomic E-state index is 13.8. The number of carbonyl (C=O) groups is 1. The molecule has 0 unspecified atom stereocenters. The summed E-state index contributed by atoms with van der Waals surface area (Å²) in [7, 11) is 1.60. The van der Waals surface area contributed by atoms with Crippen LogP contribution in [0.4, 0.5) is 10.1 Å². The number of benzene rings is 1. The lowest BCUT2D eigenvalue weighted by atomic mass is 10.1. The molecule has 5 nitrogen and oxygen atoms in total. The van der Waals surface area contributed by atoms with Crippen LogP contribution in [0.2, 0.25) is 0 Å². The van der Waals surface area contributed by atoms with Crippen molar-refractivity contribution in [3.05, 3.63) is 47.5 Å². The zero-order chi connectivity index (χ0) is 14.5. The summed E-state index contributed by atoms with van der Waals surface area (Å²) in [4.78, 5) is 12.0. The highest BCUT2D eigenvalue weighted by atomic mass is 19.1. The number of nitrogens with zero attached hydrogens (tertiary/aromatic N) is 2. The number of hydrogen-bond acceptors (Lipinski definition) is 3. The molecule has 1 amide bonds. The summed E-state index contributed by atoms with van der Waals surface area (Å²) < 4.78 is 20.4. The molecule has 1 N–H and O–H groups in total. The lowest BCUT2D eigenvalue weighted by Crippen LogP contribution is -2.14. The van der Waals surface area contributed by atoms with E-state index in [1.165, 1.54) is 12.3 Å². The van der Waals surface area contributed by atoms with Crippen molar-refractivity contribution in [3.63, 3.8) is 0 Å². The number of aromatic nitrogens is 2. The second kappa shape index (κ2) is 6.29. The normalized spacial score (nSPS) is 10.6. The summed E-state index contributed by atoms with van der Waals surface area (Å²) in [6.07, 6.45) is 3.19. The molecule has 20 heavy (non-hydrogen) atoms. The fraction of sp³-hybridized carbons (Fsp3) is 0.286. The summed E-state index contributed by atoms with van der Waals surface area (Å²) in [5.74, 6) is -0.991. The quantitative estimate of drug-likeness (QED) is 0.911. The SMILES string of the molecule is COCCn1cc(NC(=O)c2cccc(C)c2F)cn1. The molecular formula is C14H16FN3O2. The smallest absolute Gasteiger partial charge is 0.258 e.